The third kappa shape index (κ3) is 4.12. The summed E-state index contributed by atoms with van der Waals surface area (Å²) in [6.45, 7) is 3.58. The SMILES string of the molecule is CCOP(=O)(Cc1c(F)cc(Br)cc1F)OCC. The van der Waals surface area contributed by atoms with Crippen LogP contribution in [0, 0.1) is 11.6 Å². The van der Waals surface area contributed by atoms with Crippen molar-refractivity contribution < 1.29 is 22.4 Å². The second-order valence-electron chi connectivity index (χ2n) is 3.45. The van der Waals surface area contributed by atoms with E-state index in [1.165, 1.54) is 0 Å². The predicted octanol–water partition coefficient (Wildman–Crippen LogP) is 4.49. The molecule has 0 saturated heterocycles. The predicted molar refractivity (Wildman–Crippen MR) is 68.6 cm³/mol. The zero-order chi connectivity index (χ0) is 13.8. The van der Waals surface area contributed by atoms with Gasteiger partial charge in [0, 0.05) is 10.0 Å². The summed E-state index contributed by atoms with van der Waals surface area (Å²) >= 11 is 2.98. The Morgan fingerprint density at radius 1 is 1.17 bits per heavy atom. The Kier molecular flexibility index (Phi) is 5.92. The molecule has 0 N–H and O–H groups in total. The van der Waals surface area contributed by atoms with Crippen molar-refractivity contribution in [2.75, 3.05) is 13.2 Å². The van der Waals surface area contributed by atoms with Gasteiger partial charge in [-0.05, 0) is 26.0 Å². The highest BCUT2D eigenvalue weighted by molar-refractivity contribution is 9.10. The van der Waals surface area contributed by atoms with Crippen LogP contribution in [-0.2, 0) is 19.8 Å². The molecule has 0 aliphatic carbocycles. The molecule has 0 heterocycles. The second kappa shape index (κ2) is 6.75. The number of hydrogen-bond donors (Lipinski definition) is 0. The van der Waals surface area contributed by atoms with Gasteiger partial charge in [-0.1, -0.05) is 15.9 Å². The first-order chi connectivity index (χ1) is 8.41. The van der Waals surface area contributed by atoms with Gasteiger partial charge in [0.05, 0.1) is 19.4 Å². The quantitative estimate of drug-likeness (QED) is 0.714. The zero-order valence-corrected chi connectivity index (χ0v) is 12.6. The molecule has 0 fully saturated rings. The summed E-state index contributed by atoms with van der Waals surface area (Å²) in [5, 5.41) is 0. The molecular weight excluding hydrogens is 329 g/mol. The third-order valence-electron chi connectivity index (χ3n) is 2.11. The maximum absolute atomic E-state index is 13.6. The Labute approximate surface area is 113 Å². The molecule has 102 valence electrons. The van der Waals surface area contributed by atoms with E-state index in [0.717, 1.165) is 12.1 Å². The Balaban J connectivity index is 3.04. The van der Waals surface area contributed by atoms with Crippen molar-refractivity contribution in [1.82, 2.24) is 0 Å². The highest BCUT2D eigenvalue weighted by atomic mass is 79.9. The summed E-state index contributed by atoms with van der Waals surface area (Å²) in [5.41, 5.74) is -0.288. The maximum atomic E-state index is 13.6. The maximum Gasteiger partial charge on any atom is 0.335 e. The van der Waals surface area contributed by atoms with Crippen molar-refractivity contribution in [3.05, 3.63) is 33.8 Å². The van der Waals surface area contributed by atoms with E-state index < -0.39 is 25.4 Å². The second-order valence-corrected chi connectivity index (χ2v) is 6.42. The first-order valence-electron chi connectivity index (χ1n) is 5.43. The largest absolute Gasteiger partial charge is 0.335 e. The molecule has 1 aromatic rings. The fourth-order valence-electron chi connectivity index (χ4n) is 1.44. The third-order valence-corrected chi connectivity index (χ3v) is 4.57. The molecule has 0 radical (unpaired) electrons. The molecule has 0 spiro atoms. The topological polar surface area (TPSA) is 35.5 Å². The molecule has 0 aliphatic rings. The highest BCUT2D eigenvalue weighted by Crippen LogP contribution is 2.52. The van der Waals surface area contributed by atoms with E-state index in [9.17, 15) is 13.3 Å². The van der Waals surface area contributed by atoms with Gasteiger partial charge in [0.25, 0.3) is 0 Å². The van der Waals surface area contributed by atoms with Gasteiger partial charge in [-0.2, -0.15) is 0 Å². The van der Waals surface area contributed by atoms with Crippen molar-refractivity contribution in [1.29, 1.82) is 0 Å². The average molecular weight is 343 g/mol. The van der Waals surface area contributed by atoms with Gasteiger partial charge in [0.2, 0.25) is 0 Å². The standard InChI is InChI=1S/C11H14BrF2O3P/c1-3-16-18(15,17-4-2)7-9-10(13)5-8(12)6-11(9)14/h5-6H,3-4,7H2,1-2H3. The first kappa shape index (κ1) is 15.8. The summed E-state index contributed by atoms with van der Waals surface area (Å²) in [5.74, 6) is -1.55. The molecule has 1 rings (SSSR count). The molecule has 1 aromatic carbocycles. The monoisotopic (exact) mass is 342 g/mol. The summed E-state index contributed by atoms with van der Waals surface area (Å²) in [6, 6.07) is 2.22. The lowest BCUT2D eigenvalue weighted by Crippen LogP contribution is -2.03. The van der Waals surface area contributed by atoms with Gasteiger partial charge >= 0.3 is 7.60 Å². The summed E-state index contributed by atoms with van der Waals surface area (Å²) < 4.78 is 49.7. The van der Waals surface area contributed by atoms with Crippen molar-refractivity contribution >= 4 is 23.5 Å². The van der Waals surface area contributed by atoms with Crippen molar-refractivity contribution in [2.24, 2.45) is 0 Å². The Morgan fingerprint density at radius 3 is 2.00 bits per heavy atom. The van der Waals surface area contributed by atoms with Crippen LogP contribution >= 0.6 is 23.5 Å². The van der Waals surface area contributed by atoms with Gasteiger partial charge in [-0.3, -0.25) is 4.57 Å². The van der Waals surface area contributed by atoms with Crippen LogP contribution in [0.2, 0.25) is 0 Å². The summed E-state index contributed by atoms with van der Waals surface area (Å²) in [6.07, 6.45) is -0.417. The highest BCUT2D eigenvalue weighted by Gasteiger charge is 2.27. The van der Waals surface area contributed by atoms with Crippen LogP contribution < -0.4 is 0 Å². The van der Waals surface area contributed by atoms with E-state index in [4.69, 9.17) is 9.05 Å². The Morgan fingerprint density at radius 2 is 1.61 bits per heavy atom. The minimum Gasteiger partial charge on any atom is -0.309 e. The molecule has 3 nitrogen and oxygen atoms in total. The van der Waals surface area contributed by atoms with E-state index in [1.54, 1.807) is 13.8 Å². The van der Waals surface area contributed by atoms with Gasteiger partial charge < -0.3 is 9.05 Å². The molecule has 0 atom stereocenters. The minimum atomic E-state index is -3.51. The van der Waals surface area contributed by atoms with E-state index in [1.807, 2.05) is 0 Å². The first-order valence-corrected chi connectivity index (χ1v) is 7.95. The van der Waals surface area contributed by atoms with E-state index in [0.29, 0.717) is 0 Å². The molecule has 0 bridgehead atoms. The van der Waals surface area contributed by atoms with Gasteiger partial charge in [-0.15, -0.1) is 0 Å². The summed E-state index contributed by atoms with van der Waals surface area (Å²) in [4.78, 5) is 0. The van der Waals surface area contributed by atoms with Crippen LogP contribution in [0.15, 0.2) is 16.6 Å². The number of hydrogen-bond acceptors (Lipinski definition) is 3. The Bertz CT molecular complexity index is 435. The molecule has 0 amide bonds. The van der Waals surface area contributed by atoms with Crippen LogP contribution in [0.3, 0.4) is 0 Å². The lowest BCUT2D eigenvalue weighted by molar-refractivity contribution is 0.218. The van der Waals surface area contributed by atoms with E-state index >= 15 is 0 Å². The number of benzene rings is 1. The Hall–Kier alpha value is -0.290. The van der Waals surface area contributed by atoms with Crippen molar-refractivity contribution in [2.45, 2.75) is 20.0 Å². The van der Waals surface area contributed by atoms with Gasteiger partial charge in [-0.25, -0.2) is 8.78 Å². The van der Waals surface area contributed by atoms with Crippen molar-refractivity contribution in [3.63, 3.8) is 0 Å². The van der Waals surface area contributed by atoms with Crippen LogP contribution in [0.4, 0.5) is 8.78 Å². The number of halogens is 3. The molecule has 0 saturated carbocycles. The smallest absolute Gasteiger partial charge is 0.309 e. The zero-order valence-electron chi connectivity index (χ0n) is 10.1. The van der Waals surface area contributed by atoms with E-state index in [-0.39, 0.29) is 23.2 Å². The molecule has 7 heteroatoms. The molecule has 18 heavy (non-hydrogen) atoms. The fourth-order valence-corrected chi connectivity index (χ4v) is 3.57. The van der Waals surface area contributed by atoms with Crippen LogP contribution in [0.5, 0.6) is 0 Å². The van der Waals surface area contributed by atoms with Crippen molar-refractivity contribution in [3.8, 4) is 0 Å². The molecule has 0 aromatic heterocycles. The fraction of sp³-hybridized carbons (Fsp3) is 0.455. The lowest BCUT2D eigenvalue weighted by Gasteiger charge is -2.17. The molecular formula is C11H14BrF2O3P. The van der Waals surface area contributed by atoms with Crippen LogP contribution in [-0.4, -0.2) is 13.2 Å². The summed E-state index contributed by atoms with van der Waals surface area (Å²) in [7, 11) is -3.51. The molecule has 0 unspecified atom stereocenters. The van der Waals surface area contributed by atoms with Gasteiger partial charge in [0.15, 0.2) is 0 Å². The van der Waals surface area contributed by atoms with E-state index in [2.05, 4.69) is 15.9 Å². The van der Waals surface area contributed by atoms with Crippen LogP contribution in [0.25, 0.3) is 0 Å². The average Bonchev–Trinajstić information content (AvgIpc) is 2.24. The minimum absolute atomic E-state index is 0.150. The normalized spacial score (nSPS) is 11.8. The number of rotatable bonds is 6. The lowest BCUT2D eigenvalue weighted by atomic mass is 10.2. The van der Waals surface area contributed by atoms with Gasteiger partial charge in [0.1, 0.15) is 11.6 Å². The molecule has 0 aliphatic heterocycles. The van der Waals surface area contributed by atoms with Crippen LogP contribution in [0.1, 0.15) is 19.4 Å².